The van der Waals surface area contributed by atoms with Crippen LogP contribution in [0.3, 0.4) is 0 Å². The lowest BCUT2D eigenvalue weighted by molar-refractivity contribution is 1.14. The van der Waals surface area contributed by atoms with E-state index in [1.807, 2.05) is 34.9 Å². The van der Waals surface area contributed by atoms with Gasteiger partial charge in [0.15, 0.2) is 0 Å². The Bertz CT molecular complexity index is 368. The molecule has 0 amide bonds. The lowest BCUT2D eigenvalue weighted by Gasteiger charge is -1.86. The van der Waals surface area contributed by atoms with Gasteiger partial charge in [0.05, 0.1) is 11.9 Å². The lowest BCUT2D eigenvalue weighted by atomic mass is 10.3. The first-order chi connectivity index (χ1) is 5.90. The molecule has 12 heavy (non-hydrogen) atoms. The van der Waals surface area contributed by atoms with Crippen LogP contribution >= 0.6 is 0 Å². The van der Waals surface area contributed by atoms with E-state index in [4.69, 9.17) is 0 Å². The second-order valence-corrected chi connectivity index (χ2v) is 2.59. The zero-order valence-corrected chi connectivity index (χ0v) is 6.70. The zero-order valence-electron chi connectivity index (χ0n) is 6.70. The highest BCUT2D eigenvalue weighted by molar-refractivity contribution is 5.39. The van der Waals surface area contributed by atoms with Crippen LogP contribution in [0, 0.1) is 6.20 Å². The Balaban J connectivity index is 2.54. The van der Waals surface area contributed by atoms with E-state index in [9.17, 15) is 0 Å². The van der Waals surface area contributed by atoms with Crippen LogP contribution in [-0.4, -0.2) is 9.38 Å². The number of fused-ring (bicyclic) bond motifs is 1. The van der Waals surface area contributed by atoms with E-state index in [0.29, 0.717) is 0 Å². The molecular formula is C10H9N2. The second-order valence-electron chi connectivity index (χ2n) is 2.59. The smallest absolute Gasteiger partial charge is 0.137 e. The second kappa shape index (κ2) is 2.81. The quantitative estimate of drug-likeness (QED) is 0.608. The molecule has 2 heteroatoms. The van der Waals surface area contributed by atoms with Gasteiger partial charge in [0, 0.05) is 12.6 Å². The van der Waals surface area contributed by atoms with Crippen molar-refractivity contribution in [3.8, 4) is 0 Å². The Hall–Kier alpha value is -1.57. The summed E-state index contributed by atoms with van der Waals surface area (Å²) < 4.78 is 1.89. The molecule has 0 aliphatic heterocycles. The lowest BCUT2D eigenvalue weighted by Crippen LogP contribution is -1.78. The molecule has 0 bridgehead atoms. The third-order valence-corrected chi connectivity index (χ3v) is 1.68. The number of pyridine rings is 1. The maximum Gasteiger partial charge on any atom is 0.137 e. The van der Waals surface area contributed by atoms with Crippen LogP contribution < -0.4 is 0 Å². The zero-order chi connectivity index (χ0) is 8.39. The average Bonchev–Trinajstić information content (AvgIpc) is 2.47. The molecule has 0 unspecified atom stereocenters. The summed E-state index contributed by atoms with van der Waals surface area (Å²) in [7, 11) is 0. The van der Waals surface area contributed by atoms with E-state index >= 15 is 0 Å². The number of hydrogen-bond donors (Lipinski definition) is 0. The minimum absolute atomic E-state index is 0.779. The van der Waals surface area contributed by atoms with Crippen molar-refractivity contribution in [2.24, 2.45) is 0 Å². The van der Waals surface area contributed by atoms with Gasteiger partial charge in [-0.25, -0.2) is 4.98 Å². The fraction of sp³-hybridized carbons (Fsp3) is 0.100. The summed E-state index contributed by atoms with van der Waals surface area (Å²) in [6.07, 6.45) is 7.68. The van der Waals surface area contributed by atoms with E-state index in [2.05, 4.69) is 17.8 Å². The highest BCUT2D eigenvalue weighted by Crippen LogP contribution is 2.03. The Morgan fingerprint density at radius 3 is 3.25 bits per heavy atom. The maximum absolute atomic E-state index is 4.34. The maximum atomic E-state index is 4.34. The Labute approximate surface area is 71.2 Å². The summed E-state index contributed by atoms with van der Waals surface area (Å²) in [5, 5.41) is 0. The Kier molecular flexibility index (Phi) is 1.67. The van der Waals surface area contributed by atoms with Gasteiger partial charge in [0.1, 0.15) is 5.65 Å². The van der Waals surface area contributed by atoms with Crippen molar-refractivity contribution in [1.82, 2.24) is 9.38 Å². The SMILES string of the molecule is C=CCc1[c]n2ccccc2n1. The summed E-state index contributed by atoms with van der Waals surface area (Å²) in [6.45, 7) is 3.66. The van der Waals surface area contributed by atoms with Crippen LogP contribution in [0.2, 0.25) is 0 Å². The number of nitrogens with zero attached hydrogens (tertiary/aromatic N) is 2. The first-order valence-corrected chi connectivity index (χ1v) is 3.86. The largest absolute Gasteiger partial charge is 0.298 e. The fourth-order valence-corrected chi connectivity index (χ4v) is 1.15. The number of aromatic nitrogens is 2. The molecule has 0 aromatic carbocycles. The van der Waals surface area contributed by atoms with Gasteiger partial charge in [-0.15, -0.1) is 6.58 Å². The Morgan fingerprint density at radius 1 is 1.58 bits per heavy atom. The summed E-state index contributed by atoms with van der Waals surface area (Å²) in [5.41, 5.74) is 1.88. The summed E-state index contributed by atoms with van der Waals surface area (Å²) in [4.78, 5) is 4.34. The molecule has 0 atom stereocenters. The first-order valence-electron chi connectivity index (χ1n) is 3.86. The third-order valence-electron chi connectivity index (χ3n) is 1.68. The number of hydrogen-bond acceptors (Lipinski definition) is 1. The molecule has 2 heterocycles. The minimum atomic E-state index is 0.779. The highest BCUT2D eigenvalue weighted by Gasteiger charge is 1.97. The van der Waals surface area contributed by atoms with Crippen molar-refractivity contribution in [1.29, 1.82) is 0 Å². The number of allylic oxidation sites excluding steroid dienone is 1. The number of imidazole rings is 1. The van der Waals surface area contributed by atoms with Crippen LogP contribution in [0.25, 0.3) is 5.65 Å². The van der Waals surface area contributed by atoms with E-state index in [-0.39, 0.29) is 0 Å². The molecule has 0 saturated carbocycles. The highest BCUT2D eigenvalue weighted by atomic mass is 15.0. The van der Waals surface area contributed by atoms with Crippen molar-refractivity contribution in [3.63, 3.8) is 0 Å². The average molecular weight is 157 g/mol. The molecule has 59 valence electrons. The molecule has 2 nitrogen and oxygen atoms in total. The predicted molar refractivity (Wildman–Crippen MR) is 47.9 cm³/mol. The molecule has 2 aromatic rings. The third kappa shape index (κ3) is 1.11. The molecule has 0 aliphatic carbocycles. The standard InChI is InChI=1S/C10H9N2/c1-2-5-9-8-12-7-4-3-6-10(12)11-9/h2-4,6-7H,1,5H2. The van der Waals surface area contributed by atoms with Gasteiger partial charge in [-0.05, 0) is 12.1 Å². The normalized spacial score (nSPS) is 10.3. The molecule has 1 radical (unpaired) electrons. The fourth-order valence-electron chi connectivity index (χ4n) is 1.15. The van der Waals surface area contributed by atoms with E-state index < -0.39 is 0 Å². The molecule has 0 fully saturated rings. The Morgan fingerprint density at radius 2 is 2.50 bits per heavy atom. The van der Waals surface area contributed by atoms with Crippen LogP contribution in [0.5, 0.6) is 0 Å². The van der Waals surface area contributed by atoms with Gasteiger partial charge in [0.2, 0.25) is 0 Å². The molecule has 0 spiro atoms. The van der Waals surface area contributed by atoms with Crippen molar-refractivity contribution in [3.05, 3.63) is 48.9 Å². The first kappa shape index (κ1) is 7.10. The van der Waals surface area contributed by atoms with Gasteiger partial charge in [-0.1, -0.05) is 12.1 Å². The summed E-state index contributed by atoms with van der Waals surface area (Å²) in [6, 6.07) is 5.89. The van der Waals surface area contributed by atoms with E-state index in [0.717, 1.165) is 17.8 Å². The van der Waals surface area contributed by atoms with Crippen LogP contribution in [0.15, 0.2) is 37.1 Å². The van der Waals surface area contributed by atoms with Crippen LogP contribution in [0.1, 0.15) is 5.69 Å². The molecule has 2 aromatic heterocycles. The monoisotopic (exact) mass is 157 g/mol. The van der Waals surface area contributed by atoms with Crippen molar-refractivity contribution < 1.29 is 0 Å². The summed E-state index contributed by atoms with van der Waals surface area (Å²) >= 11 is 0. The van der Waals surface area contributed by atoms with Crippen molar-refractivity contribution in [2.75, 3.05) is 0 Å². The molecule has 2 rings (SSSR count). The van der Waals surface area contributed by atoms with Gasteiger partial charge in [-0.2, -0.15) is 0 Å². The van der Waals surface area contributed by atoms with E-state index in [1.165, 1.54) is 0 Å². The molecule has 0 N–H and O–H groups in total. The van der Waals surface area contributed by atoms with E-state index in [1.54, 1.807) is 0 Å². The molecular weight excluding hydrogens is 148 g/mol. The van der Waals surface area contributed by atoms with Gasteiger partial charge < -0.3 is 0 Å². The topological polar surface area (TPSA) is 17.3 Å². The summed E-state index contributed by atoms with van der Waals surface area (Å²) in [5.74, 6) is 0. The van der Waals surface area contributed by atoms with Gasteiger partial charge in [-0.3, -0.25) is 4.40 Å². The van der Waals surface area contributed by atoms with Crippen LogP contribution in [0.4, 0.5) is 0 Å². The van der Waals surface area contributed by atoms with Crippen LogP contribution in [-0.2, 0) is 6.42 Å². The number of rotatable bonds is 2. The predicted octanol–water partition coefficient (Wildman–Crippen LogP) is 1.86. The van der Waals surface area contributed by atoms with Crippen molar-refractivity contribution >= 4 is 5.65 Å². The van der Waals surface area contributed by atoms with Gasteiger partial charge >= 0.3 is 0 Å². The van der Waals surface area contributed by atoms with Crippen molar-refractivity contribution in [2.45, 2.75) is 6.42 Å². The minimum Gasteiger partial charge on any atom is -0.298 e. The molecule has 0 aliphatic rings. The van der Waals surface area contributed by atoms with Gasteiger partial charge in [0.25, 0.3) is 0 Å². The molecule has 0 saturated heterocycles.